The lowest BCUT2D eigenvalue weighted by molar-refractivity contribution is -0.164. The fourth-order valence-electron chi connectivity index (χ4n) is 2.58. The van der Waals surface area contributed by atoms with Crippen LogP contribution in [0.3, 0.4) is 0 Å². The van der Waals surface area contributed by atoms with E-state index in [1.165, 1.54) is 0 Å². The molecule has 1 rings (SSSR count). The monoisotopic (exact) mass is 242 g/mol. The third-order valence-corrected chi connectivity index (χ3v) is 3.85. The lowest BCUT2D eigenvalue weighted by atomic mass is 9.75. The summed E-state index contributed by atoms with van der Waals surface area (Å²) in [7, 11) is 0. The minimum atomic E-state index is -0.613. The van der Waals surface area contributed by atoms with Crippen LogP contribution in [0.15, 0.2) is 0 Å². The second kappa shape index (κ2) is 5.85. The molecular formula is C14H26O3. The highest BCUT2D eigenvalue weighted by Gasteiger charge is 2.35. The van der Waals surface area contributed by atoms with Crippen LogP contribution in [0.4, 0.5) is 0 Å². The van der Waals surface area contributed by atoms with Gasteiger partial charge in [0.05, 0.1) is 12.5 Å². The fourth-order valence-corrected chi connectivity index (χ4v) is 2.58. The van der Waals surface area contributed by atoms with E-state index < -0.39 is 6.10 Å². The molecule has 0 radical (unpaired) electrons. The van der Waals surface area contributed by atoms with Gasteiger partial charge in [-0.1, -0.05) is 13.8 Å². The number of rotatable bonds is 4. The molecule has 100 valence electrons. The molecule has 0 aromatic carbocycles. The Hall–Kier alpha value is -0.570. The van der Waals surface area contributed by atoms with Crippen molar-refractivity contribution < 1.29 is 14.6 Å². The average molecular weight is 242 g/mol. The van der Waals surface area contributed by atoms with Gasteiger partial charge in [0.25, 0.3) is 0 Å². The van der Waals surface area contributed by atoms with Gasteiger partial charge in [-0.2, -0.15) is 0 Å². The van der Waals surface area contributed by atoms with Crippen molar-refractivity contribution in [2.75, 3.05) is 0 Å². The zero-order valence-corrected chi connectivity index (χ0v) is 11.5. The molecule has 1 unspecified atom stereocenters. The molecule has 1 aliphatic carbocycles. The summed E-state index contributed by atoms with van der Waals surface area (Å²) in [4.78, 5) is 11.6. The van der Waals surface area contributed by atoms with Crippen molar-refractivity contribution in [2.45, 2.75) is 71.5 Å². The molecule has 1 N–H and O–H groups in total. The highest BCUT2D eigenvalue weighted by Crippen LogP contribution is 2.37. The molecule has 0 spiro atoms. The first kappa shape index (κ1) is 14.5. The fraction of sp³-hybridized carbons (Fsp3) is 0.929. The third-order valence-electron chi connectivity index (χ3n) is 3.85. The van der Waals surface area contributed by atoms with E-state index in [1.54, 1.807) is 6.92 Å². The van der Waals surface area contributed by atoms with E-state index >= 15 is 0 Å². The van der Waals surface area contributed by atoms with Crippen molar-refractivity contribution in [1.29, 1.82) is 0 Å². The quantitative estimate of drug-likeness (QED) is 0.771. The number of carbonyl (C=O) groups is 1. The van der Waals surface area contributed by atoms with Gasteiger partial charge in [0.15, 0.2) is 0 Å². The van der Waals surface area contributed by atoms with Gasteiger partial charge in [0.1, 0.15) is 5.60 Å². The molecular weight excluding hydrogens is 216 g/mol. The van der Waals surface area contributed by atoms with Gasteiger partial charge in [-0.3, -0.25) is 4.79 Å². The summed E-state index contributed by atoms with van der Waals surface area (Å²) in [5, 5.41) is 9.15. The minimum Gasteiger partial charge on any atom is -0.459 e. The molecule has 0 aromatic heterocycles. The first-order chi connectivity index (χ1) is 7.82. The molecule has 0 saturated heterocycles. The molecule has 0 aromatic rings. The van der Waals surface area contributed by atoms with Gasteiger partial charge >= 0.3 is 5.97 Å². The molecule has 1 atom stereocenters. The van der Waals surface area contributed by atoms with Crippen molar-refractivity contribution in [3.8, 4) is 0 Å². The highest BCUT2D eigenvalue weighted by atomic mass is 16.6. The van der Waals surface area contributed by atoms with E-state index in [4.69, 9.17) is 9.84 Å². The van der Waals surface area contributed by atoms with Crippen molar-refractivity contribution in [3.63, 3.8) is 0 Å². The van der Waals surface area contributed by atoms with E-state index in [1.807, 2.05) is 6.92 Å². The molecule has 0 amide bonds. The topological polar surface area (TPSA) is 46.5 Å². The van der Waals surface area contributed by atoms with Gasteiger partial charge in [0, 0.05) is 0 Å². The van der Waals surface area contributed by atoms with Crippen LogP contribution in [-0.4, -0.2) is 22.8 Å². The maximum atomic E-state index is 11.6. The Labute approximate surface area is 105 Å². The van der Waals surface area contributed by atoms with Gasteiger partial charge < -0.3 is 9.84 Å². The van der Waals surface area contributed by atoms with Crippen molar-refractivity contribution >= 4 is 5.97 Å². The molecule has 1 fully saturated rings. The summed E-state index contributed by atoms with van der Waals surface area (Å²) < 4.78 is 5.52. The van der Waals surface area contributed by atoms with Crippen LogP contribution in [0.25, 0.3) is 0 Å². The van der Waals surface area contributed by atoms with E-state index in [9.17, 15) is 4.79 Å². The summed E-state index contributed by atoms with van der Waals surface area (Å²) in [6.45, 7) is 8.14. The van der Waals surface area contributed by atoms with Crippen LogP contribution >= 0.6 is 0 Å². The first-order valence-corrected chi connectivity index (χ1v) is 6.72. The summed E-state index contributed by atoms with van der Waals surface area (Å²) in [5.74, 6) is 1.21. The van der Waals surface area contributed by atoms with E-state index in [0.717, 1.165) is 31.6 Å². The van der Waals surface area contributed by atoms with Crippen molar-refractivity contribution in [2.24, 2.45) is 11.8 Å². The summed E-state index contributed by atoms with van der Waals surface area (Å²) in [6.07, 6.45) is 3.65. The maximum Gasteiger partial charge on any atom is 0.308 e. The molecule has 17 heavy (non-hydrogen) atoms. The second-order valence-electron chi connectivity index (χ2n) is 6.06. The van der Waals surface area contributed by atoms with Crippen LogP contribution in [0, 0.1) is 11.8 Å². The second-order valence-corrected chi connectivity index (χ2v) is 6.06. The molecule has 1 saturated carbocycles. The van der Waals surface area contributed by atoms with Gasteiger partial charge in [-0.15, -0.1) is 0 Å². The first-order valence-electron chi connectivity index (χ1n) is 6.72. The Morgan fingerprint density at radius 2 is 1.88 bits per heavy atom. The third kappa shape index (κ3) is 4.66. The van der Waals surface area contributed by atoms with Crippen LogP contribution < -0.4 is 0 Å². The largest absolute Gasteiger partial charge is 0.459 e. The predicted molar refractivity (Wildman–Crippen MR) is 67.6 cm³/mol. The van der Waals surface area contributed by atoms with Crippen molar-refractivity contribution in [3.05, 3.63) is 0 Å². The Morgan fingerprint density at radius 3 is 2.29 bits per heavy atom. The van der Waals surface area contributed by atoms with Gasteiger partial charge in [-0.05, 0) is 51.4 Å². The Bertz CT molecular complexity index is 250. The molecule has 3 heteroatoms. The smallest absolute Gasteiger partial charge is 0.308 e. The molecule has 0 aliphatic heterocycles. The normalized spacial score (nSPS) is 31.3. The average Bonchev–Trinajstić information content (AvgIpc) is 2.15. The summed E-state index contributed by atoms with van der Waals surface area (Å²) in [6, 6.07) is 0. The number of esters is 1. The maximum absolute atomic E-state index is 11.6. The zero-order chi connectivity index (χ0) is 13.1. The Kier molecular flexibility index (Phi) is 4.99. The molecule has 0 bridgehead atoms. The SMILES string of the molecule is CC(O)CC(=O)OC1(C)CCC(C(C)C)CC1. The number of carbonyl (C=O) groups excluding carboxylic acids is 1. The summed E-state index contributed by atoms with van der Waals surface area (Å²) in [5.41, 5.74) is -0.308. The Balaban J connectivity index is 2.41. The number of ether oxygens (including phenoxy) is 1. The van der Waals surface area contributed by atoms with Crippen LogP contribution in [0.1, 0.15) is 59.8 Å². The van der Waals surface area contributed by atoms with E-state index in [-0.39, 0.29) is 18.0 Å². The lowest BCUT2D eigenvalue weighted by Gasteiger charge is -2.38. The van der Waals surface area contributed by atoms with Crippen molar-refractivity contribution in [1.82, 2.24) is 0 Å². The highest BCUT2D eigenvalue weighted by molar-refractivity contribution is 5.70. The van der Waals surface area contributed by atoms with Crippen LogP contribution in [-0.2, 0) is 9.53 Å². The minimum absolute atomic E-state index is 0.100. The predicted octanol–water partition coefficient (Wildman–Crippen LogP) is 2.91. The number of hydrogen-bond donors (Lipinski definition) is 1. The molecule has 3 nitrogen and oxygen atoms in total. The van der Waals surface area contributed by atoms with E-state index in [2.05, 4.69) is 13.8 Å². The number of aliphatic hydroxyl groups excluding tert-OH is 1. The van der Waals surface area contributed by atoms with Gasteiger partial charge in [-0.25, -0.2) is 0 Å². The molecule has 0 heterocycles. The summed E-state index contributed by atoms with van der Waals surface area (Å²) >= 11 is 0. The Morgan fingerprint density at radius 1 is 1.35 bits per heavy atom. The number of aliphatic hydroxyl groups is 1. The number of hydrogen-bond acceptors (Lipinski definition) is 3. The lowest BCUT2D eigenvalue weighted by Crippen LogP contribution is -2.37. The molecule has 1 aliphatic rings. The van der Waals surface area contributed by atoms with Gasteiger partial charge in [0.2, 0.25) is 0 Å². The zero-order valence-electron chi connectivity index (χ0n) is 11.5. The standard InChI is InChI=1S/C14H26O3/c1-10(2)12-5-7-14(4,8-6-12)17-13(16)9-11(3)15/h10-12,15H,5-9H2,1-4H3. The van der Waals surface area contributed by atoms with Crippen LogP contribution in [0.2, 0.25) is 0 Å². The van der Waals surface area contributed by atoms with Crippen LogP contribution in [0.5, 0.6) is 0 Å². The van der Waals surface area contributed by atoms with E-state index in [0.29, 0.717) is 5.92 Å².